The number of hydrogen-bond donors (Lipinski definition) is 2. The van der Waals surface area contributed by atoms with Gasteiger partial charge in [-0.3, -0.25) is 0 Å². The van der Waals surface area contributed by atoms with Gasteiger partial charge in [0, 0.05) is 17.1 Å². The number of aromatic amines is 1. The second-order valence-corrected chi connectivity index (χ2v) is 4.83. The van der Waals surface area contributed by atoms with E-state index in [-0.39, 0.29) is 0 Å². The topological polar surface area (TPSA) is 84.9 Å². The summed E-state index contributed by atoms with van der Waals surface area (Å²) >= 11 is 0. The quantitative estimate of drug-likeness (QED) is 0.595. The molecule has 3 N–H and O–H groups in total. The van der Waals surface area contributed by atoms with E-state index in [0.717, 1.165) is 11.9 Å². The summed E-state index contributed by atoms with van der Waals surface area (Å²) < 4.78 is 15.1. The predicted octanol–water partition coefficient (Wildman–Crippen LogP) is 2.64. The normalized spacial score (nSPS) is 11.3. The molecule has 0 aliphatic heterocycles. The maximum atomic E-state index is 13.5. The largest absolute Gasteiger partial charge is 0.382 e. The number of nitrogens with one attached hydrogen (secondary N) is 1. The minimum Gasteiger partial charge on any atom is -0.382 e. The zero-order valence-corrected chi connectivity index (χ0v) is 11.4. The van der Waals surface area contributed by atoms with Gasteiger partial charge in [-0.1, -0.05) is 6.58 Å². The van der Waals surface area contributed by atoms with Gasteiger partial charge in [-0.05, 0) is 24.3 Å². The van der Waals surface area contributed by atoms with Gasteiger partial charge in [0.1, 0.15) is 17.0 Å². The highest BCUT2D eigenvalue weighted by molar-refractivity contribution is 5.91. The SMILES string of the molecule is C=Cc1ccc2c(N)nc(-c3c[nH]c4ncc(F)cc34)nn12. The molecule has 4 heterocycles. The number of fused-ring (bicyclic) bond motifs is 2. The van der Waals surface area contributed by atoms with E-state index in [2.05, 4.69) is 26.6 Å². The molecule has 7 heteroatoms. The van der Waals surface area contributed by atoms with Gasteiger partial charge in [-0.15, -0.1) is 5.10 Å². The maximum absolute atomic E-state index is 13.5. The van der Waals surface area contributed by atoms with E-state index >= 15 is 0 Å². The number of hydrogen-bond acceptors (Lipinski definition) is 4. The molecule has 0 bridgehead atoms. The molecule has 0 aliphatic rings. The van der Waals surface area contributed by atoms with E-state index in [9.17, 15) is 4.39 Å². The van der Waals surface area contributed by atoms with Crippen LogP contribution in [0.3, 0.4) is 0 Å². The Kier molecular flexibility index (Phi) is 2.50. The Morgan fingerprint density at radius 2 is 2.23 bits per heavy atom. The number of nitrogens with zero attached hydrogens (tertiary/aromatic N) is 4. The first-order valence-electron chi connectivity index (χ1n) is 6.58. The lowest BCUT2D eigenvalue weighted by molar-refractivity contribution is 0.624. The molecule has 0 aromatic carbocycles. The highest BCUT2D eigenvalue weighted by Crippen LogP contribution is 2.27. The molecule has 0 saturated carbocycles. The number of H-pyrrole nitrogens is 1. The lowest BCUT2D eigenvalue weighted by Crippen LogP contribution is -2.03. The molecule has 0 saturated heterocycles. The van der Waals surface area contributed by atoms with Gasteiger partial charge in [0.05, 0.1) is 11.9 Å². The Morgan fingerprint density at radius 3 is 3.05 bits per heavy atom. The molecule has 4 aromatic heterocycles. The van der Waals surface area contributed by atoms with Crippen molar-refractivity contribution in [2.75, 3.05) is 5.73 Å². The van der Waals surface area contributed by atoms with Gasteiger partial charge >= 0.3 is 0 Å². The number of pyridine rings is 1. The Labute approximate surface area is 124 Å². The Balaban J connectivity index is 2.03. The highest BCUT2D eigenvalue weighted by Gasteiger charge is 2.14. The van der Waals surface area contributed by atoms with Crippen LogP contribution in [0, 0.1) is 5.82 Å². The van der Waals surface area contributed by atoms with E-state index < -0.39 is 5.82 Å². The predicted molar refractivity (Wildman–Crippen MR) is 82.5 cm³/mol. The van der Waals surface area contributed by atoms with E-state index in [0.29, 0.717) is 33.8 Å². The summed E-state index contributed by atoms with van der Waals surface area (Å²) in [7, 11) is 0. The van der Waals surface area contributed by atoms with Crippen LogP contribution in [0.2, 0.25) is 0 Å². The first-order chi connectivity index (χ1) is 10.7. The van der Waals surface area contributed by atoms with Crippen molar-refractivity contribution in [2.24, 2.45) is 0 Å². The number of nitrogen functional groups attached to an aromatic ring is 1. The monoisotopic (exact) mass is 294 g/mol. The van der Waals surface area contributed by atoms with Gasteiger partial charge < -0.3 is 10.7 Å². The van der Waals surface area contributed by atoms with Gasteiger partial charge in [-0.2, -0.15) is 0 Å². The minimum absolute atomic E-state index is 0.344. The van der Waals surface area contributed by atoms with Crippen molar-refractivity contribution >= 4 is 28.4 Å². The van der Waals surface area contributed by atoms with Crippen molar-refractivity contribution < 1.29 is 4.39 Å². The van der Waals surface area contributed by atoms with Crippen LogP contribution in [-0.4, -0.2) is 24.6 Å². The standard InChI is InChI=1S/C15H11FN6/c1-2-9-3-4-12-13(17)20-15(21-22(9)12)11-7-19-14-10(11)5-8(16)6-18-14/h2-7H,1H2,(H,18,19)(H2,17,20,21). The van der Waals surface area contributed by atoms with Crippen LogP contribution < -0.4 is 5.73 Å². The average Bonchev–Trinajstić information content (AvgIpc) is 3.10. The number of halogens is 1. The van der Waals surface area contributed by atoms with Crippen LogP contribution >= 0.6 is 0 Å². The third-order valence-electron chi connectivity index (χ3n) is 3.52. The summed E-state index contributed by atoms with van der Waals surface area (Å²) in [5, 5.41) is 5.08. The Bertz CT molecular complexity index is 1030. The first-order valence-corrected chi connectivity index (χ1v) is 6.58. The summed E-state index contributed by atoms with van der Waals surface area (Å²) in [6.45, 7) is 3.75. The van der Waals surface area contributed by atoms with Crippen molar-refractivity contribution in [1.29, 1.82) is 0 Å². The molecule has 0 fully saturated rings. The molecule has 0 aliphatic carbocycles. The number of aromatic nitrogens is 5. The highest BCUT2D eigenvalue weighted by atomic mass is 19.1. The van der Waals surface area contributed by atoms with Crippen LogP contribution in [0.15, 0.2) is 37.2 Å². The lowest BCUT2D eigenvalue weighted by atomic mass is 10.2. The fraction of sp³-hybridized carbons (Fsp3) is 0. The summed E-state index contributed by atoms with van der Waals surface area (Å²) in [5.41, 5.74) is 8.70. The zero-order chi connectivity index (χ0) is 15.3. The van der Waals surface area contributed by atoms with E-state index in [1.54, 1.807) is 16.8 Å². The molecule has 4 aromatic rings. The third-order valence-corrected chi connectivity index (χ3v) is 3.52. The molecule has 108 valence electrons. The summed E-state index contributed by atoms with van der Waals surface area (Å²) in [4.78, 5) is 11.3. The Hall–Kier alpha value is -3.22. The summed E-state index contributed by atoms with van der Waals surface area (Å²) in [6, 6.07) is 5.07. The molecule has 0 unspecified atom stereocenters. The lowest BCUT2D eigenvalue weighted by Gasteiger charge is -2.04. The van der Waals surface area contributed by atoms with Crippen molar-refractivity contribution in [2.45, 2.75) is 0 Å². The van der Waals surface area contributed by atoms with Gasteiger partial charge in [-0.25, -0.2) is 18.9 Å². The fourth-order valence-corrected chi connectivity index (χ4v) is 2.47. The molecular weight excluding hydrogens is 283 g/mol. The molecule has 6 nitrogen and oxygen atoms in total. The molecule has 4 rings (SSSR count). The first kappa shape index (κ1) is 12.5. The van der Waals surface area contributed by atoms with Crippen LogP contribution in [0.25, 0.3) is 34.0 Å². The maximum Gasteiger partial charge on any atom is 0.184 e. The minimum atomic E-state index is -0.421. The van der Waals surface area contributed by atoms with Gasteiger partial charge in [0.25, 0.3) is 0 Å². The van der Waals surface area contributed by atoms with Crippen LogP contribution in [-0.2, 0) is 0 Å². The molecule has 0 amide bonds. The van der Waals surface area contributed by atoms with Crippen molar-refractivity contribution in [3.63, 3.8) is 0 Å². The van der Waals surface area contributed by atoms with Gasteiger partial charge in [0.15, 0.2) is 11.6 Å². The molecule has 0 atom stereocenters. The third kappa shape index (κ3) is 1.69. The average molecular weight is 294 g/mol. The molecular formula is C15H11FN6. The fourth-order valence-electron chi connectivity index (χ4n) is 2.47. The Morgan fingerprint density at radius 1 is 1.36 bits per heavy atom. The van der Waals surface area contributed by atoms with Crippen molar-refractivity contribution in [3.05, 3.63) is 48.7 Å². The smallest absolute Gasteiger partial charge is 0.184 e. The van der Waals surface area contributed by atoms with Gasteiger partial charge in [0.2, 0.25) is 0 Å². The molecule has 0 spiro atoms. The number of anilines is 1. The summed E-state index contributed by atoms with van der Waals surface area (Å²) in [6.07, 6.45) is 4.53. The van der Waals surface area contributed by atoms with Crippen LogP contribution in [0.5, 0.6) is 0 Å². The van der Waals surface area contributed by atoms with Crippen molar-refractivity contribution in [3.8, 4) is 11.4 Å². The summed E-state index contributed by atoms with van der Waals surface area (Å²) in [5.74, 6) is 0.315. The molecule has 0 radical (unpaired) electrons. The number of rotatable bonds is 2. The second-order valence-electron chi connectivity index (χ2n) is 4.83. The van der Waals surface area contributed by atoms with E-state index in [1.165, 1.54) is 6.07 Å². The van der Waals surface area contributed by atoms with Crippen molar-refractivity contribution in [1.82, 2.24) is 24.6 Å². The van der Waals surface area contributed by atoms with Crippen LogP contribution in [0.4, 0.5) is 10.2 Å². The van der Waals surface area contributed by atoms with E-state index in [4.69, 9.17) is 5.73 Å². The van der Waals surface area contributed by atoms with E-state index in [1.807, 2.05) is 12.1 Å². The van der Waals surface area contributed by atoms with Crippen LogP contribution in [0.1, 0.15) is 5.69 Å². The second kappa shape index (κ2) is 4.39. The number of nitrogens with two attached hydrogens (primary N) is 1. The zero-order valence-electron chi connectivity index (χ0n) is 11.4. The molecule has 22 heavy (non-hydrogen) atoms.